The van der Waals surface area contributed by atoms with Gasteiger partial charge < -0.3 is 98.1 Å². The number of nitrogens with zero attached hydrogens (tertiary/aromatic N) is 3. The molecule has 0 aromatic carbocycles. The number of H-pyrrole nitrogens is 2. The fraction of sp³-hybridized carbons (Fsp3) is 0.809. The van der Waals surface area contributed by atoms with Crippen molar-refractivity contribution in [1.82, 2.24) is 35.9 Å². The van der Waals surface area contributed by atoms with Crippen LogP contribution in [0.15, 0.2) is 35.5 Å². The lowest BCUT2D eigenvalue weighted by atomic mass is 9.26. The van der Waals surface area contributed by atoms with Crippen LogP contribution in [0, 0.1) is 115 Å². The lowest BCUT2D eigenvalue weighted by Gasteiger charge is -2.78. The van der Waals surface area contributed by atoms with E-state index in [2.05, 4.69) is 79.9 Å². The maximum Gasteiger partial charge on any atom is 0.310 e. The second-order valence-corrected chi connectivity index (χ2v) is 31.4. The van der Waals surface area contributed by atoms with Gasteiger partial charge in [0.25, 0.3) is 0 Å². The number of aliphatic carboxylic acids is 1. The predicted octanol–water partition coefficient (Wildman–Crippen LogP) is 1.66. The third kappa shape index (κ3) is 9.59. The van der Waals surface area contributed by atoms with Gasteiger partial charge in [-0.25, -0.2) is 9.97 Å². The van der Waals surface area contributed by atoms with Gasteiger partial charge in [0, 0.05) is 86.9 Å². The molecule has 3 aliphatic heterocycles. The second-order valence-electron chi connectivity index (χ2n) is 31.4. The van der Waals surface area contributed by atoms with Gasteiger partial charge in [-0.3, -0.25) is 14.6 Å². The highest BCUT2D eigenvalue weighted by molar-refractivity contribution is 5.87. The Morgan fingerprint density at radius 3 is 2.40 bits per heavy atom. The molecule has 92 heavy (non-hydrogen) atoms. The van der Waals surface area contributed by atoms with Gasteiger partial charge in [-0.15, -0.1) is 0 Å². The molecule has 6 saturated carbocycles. The number of allylic oxidation sites excluding steroid dienone is 2. The fourth-order valence-corrected chi connectivity index (χ4v) is 23.4. The molecule has 0 bridgehead atoms. The van der Waals surface area contributed by atoms with Gasteiger partial charge in [-0.2, -0.15) is 0 Å². The summed E-state index contributed by atoms with van der Waals surface area (Å²) in [4.78, 5) is 51.1. The molecule has 24 heteroatoms. The Hall–Kier alpha value is -4.75. The number of rotatable bonds is 16. The van der Waals surface area contributed by atoms with E-state index in [9.17, 15) is 50.8 Å². The van der Waals surface area contributed by atoms with Gasteiger partial charge in [0.1, 0.15) is 30.4 Å². The molecular formula is C68H103N11O13. The number of hydrogen-bond acceptors (Lipinski definition) is 18. The molecule has 8 fully saturated rings. The Labute approximate surface area is 539 Å². The van der Waals surface area contributed by atoms with E-state index in [1.54, 1.807) is 19.6 Å². The van der Waals surface area contributed by atoms with Gasteiger partial charge in [-0.05, 0) is 140 Å². The zero-order chi connectivity index (χ0) is 65.2. The minimum absolute atomic E-state index is 0.0650. The number of carboxylic acid groups (broad SMARTS) is 1. The van der Waals surface area contributed by atoms with E-state index < -0.39 is 159 Å². The van der Waals surface area contributed by atoms with Gasteiger partial charge in [0.2, 0.25) is 5.91 Å². The summed E-state index contributed by atoms with van der Waals surface area (Å²) in [7, 11) is 1.58. The highest BCUT2D eigenvalue weighted by atomic mass is 16.7. The number of hydrogen-bond donors (Lipinski definition) is 17. The molecule has 2 aromatic heterocycles. The van der Waals surface area contributed by atoms with E-state index in [-0.39, 0.29) is 55.8 Å². The van der Waals surface area contributed by atoms with Gasteiger partial charge in [-0.1, -0.05) is 76.9 Å². The SMILES string of the molecule is CN=C(N)NCCNCC(C(N)O)C(O)C(c1cnc[nH]1)C1NC(=O)C23CCCC2C#CC2C=C4C5CC(C)(CO)CCC5(C(=O)O)C5CNc6nc[nH]c6CC5C4(C)C4(C)CCC5C(C)(CO)C(OC6OCC(O)C(O)C6O)C(O)C(CC13)C5(C1CCCCC1)C24. The van der Waals surface area contributed by atoms with Crippen molar-refractivity contribution in [2.75, 3.05) is 58.4 Å². The molecule has 5 heterocycles. The van der Waals surface area contributed by atoms with Crippen LogP contribution in [0.2, 0.25) is 0 Å². The number of nitrogens with one attached hydrogen (secondary N) is 6. The zero-order valence-corrected chi connectivity index (χ0v) is 54.1. The minimum atomic E-state index is -1.73. The monoisotopic (exact) mass is 1280 g/mol. The zero-order valence-electron chi connectivity index (χ0n) is 54.1. The largest absolute Gasteiger partial charge is 0.481 e. The molecule has 24 nitrogen and oxygen atoms in total. The highest BCUT2D eigenvalue weighted by Crippen LogP contribution is 2.82. The number of aromatic nitrogens is 4. The van der Waals surface area contributed by atoms with E-state index in [4.69, 9.17) is 25.9 Å². The summed E-state index contributed by atoms with van der Waals surface area (Å²) < 4.78 is 13.2. The number of guanidine groups is 1. The molecule has 27 unspecified atom stereocenters. The number of aromatic amines is 2. The van der Waals surface area contributed by atoms with Crippen molar-refractivity contribution in [2.24, 2.45) is 119 Å². The van der Waals surface area contributed by atoms with Crippen LogP contribution in [-0.4, -0.2) is 192 Å². The molecule has 1 spiro atoms. The summed E-state index contributed by atoms with van der Waals surface area (Å²) in [6, 6.07) is -0.874. The number of fused-ring (bicyclic) bond motifs is 8. The summed E-state index contributed by atoms with van der Waals surface area (Å²) in [5, 5.41) is 123. The number of carbonyl (C=O) groups is 2. The molecule has 2 saturated heterocycles. The van der Waals surface area contributed by atoms with Crippen LogP contribution >= 0.6 is 0 Å². The van der Waals surface area contributed by atoms with Crippen molar-refractivity contribution in [3.63, 3.8) is 0 Å². The average Bonchev–Trinajstić information content (AvgIpc) is 0.655. The number of anilines is 1. The van der Waals surface area contributed by atoms with Crippen molar-refractivity contribution >= 4 is 23.7 Å². The van der Waals surface area contributed by atoms with Crippen molar-refractivity contribution in [3.8, 4) is 11.8 Å². The number of ether oxygens (including phenoxy) is 2. The van der Waals surface area contributed by atoms with Crippen LogP contribution < -0.4 is 32.7 Å². The maximum absolute atomic E-state index is 16.2. The average molecular weight is 1280 g/mol. The molecule has 2 aromatic rings. The normalized spacial score (nSPS) is 46.0. The summed E-state index contributed by atoms with van der Waals surface area (Å²) in [6.07, 6.45) is 4.52. The number of aliphatic imine (C=N–C) groups is 1. The first-order valence-corrected chi connectivity index (χ1v) is 34.5. The first-order chi connectivity index (χ1) is 44.0. The first kappa shape index (κ1) is 65.9. The van der Waals surface area contributed by atoms with Gasteiger partial charge >= 0.3 is 5.97 Å². The van der Waals surface area contributed by atoms with E-state index in [0.29, 0.717) is 88.9 Å². The van der Waals surface area contributed by atoms with Crippen LogP contribution in [0.25, 0.3) is 0 Å². The van der Waals surface area contributed by atoms with Crippen LogP contribution in [0.1, 0.15) is 135 Å². The Morgan fingerprint density at radius 1 is 0.913 bits per heavy atom. The summed E-state index contributed by atoms with van der Waals surface area (Å²) in [5.74, 6) is 1.33. The van der Waals surface area contributed by atoms with Gasteiger partial charge in [0.05, 0.1) is 60.7 Å². The Morgan fingerprint density at radius 2 is 1.70 bits per heavy atom. The molecule has 8 aliphatic carbocycles. The van der Waals surface area contributed by atoms with Crippen molar-refractivity contribution in [2.45, 2.75) is 185 Å². The van der Waals surface area contributed by atoms with Crippen LogP contribution in [-0.2, 0) is 25.5 Å². The second kappa shape index (κ2) is 24.4. The van der Waals surface area contributed by atoms with Crippen LogP contribution in [0.5, 0.6) is 0 Å². The van der Waals surface area contributed by atoms with Crippen LogP contribution in [0.4, 0.5) is 5.82 Å². The summed E-state index contributed by atoms with van der Waals surface area (Å²) in [5.41, 5.74) is 8.17. The van der Waals surface area contributed by atoms with Crippen molar-refractivity contribution < 1.29 is 65.0 Å². The number of amides is 1. The lowest BCUT2D eigenvalue weighted by Crippen LogP contribution is -2.77. The number of imidazole rings is 2. The van der Waals surface area contributed by atoms with E-state index in [0.717, 1.165) is 43.4 Å². The number of carboxylic acids is 1. The Kier molecular flexibility index (Phi) is 17.5. The van der Waals surface area contributed by atoms with Gasteiger partial charge in [0.15, 0.2) is 12.2 Å². The summed E-state index contributed by atoms with van der Waals surface area (Å²) >= 11 is 0. The van der Waals surface area contributed by atoms with E-state index in [1.807, 2.05) is 6.92 Å². The molecule has 27 atom stereocenters. The third-order valence-electron chi connectivity index (χ3n) is 27.8. The molecular weight excluding hydrogens is 1180 g/mol. The summed E-state index contributed by atoms with van der Waals surface area (Å²) in [6.45, 7) is 9.21. The predicted molar refractivity (Wildman–Crippen MR) is 338 cm³/mol. The first-order valence-electron chi connectivity index (χ1n) is 34.5. The Balaban J connectivity index is 1.06. The van der Waals surface area contributed by atoms with Crippen molar-refractivity contribution in [3.05, 3.63) is 41.9 Å². The quantitative estimate of drug-likeness (QED) is 0.0216. The highest BCUT2D eigenvalue weighted by Gasteiger charge is 2.80. The number of aliphatic hydroxyl groups is 8. The number of carbonyl (C=O) groups excluding carboxylic acids is 1. The maximum atomic E-state index is 16.2. The van der Waals surface area contributed by atoms with Crippen LogP contribution in [0.3, 0.4) is 0 Å². The van der Waals surface area contributed by atoms with E-state index in [1.165, 1.54) is 6.33 Å². The number of nitrogens with two attached hydrogens (primary N) is 2. The minimum Gasteiger partial charge on any atom is -0.481 e. The smallest absolute Gasteiger partial charge is 0.310 e. The Bertz CT molecular complexity index is 3170. The third-order valence-corrected chi connectivity index (χ3v) is 27.8. The molecule has 11 aliphatic rings. The standard InChI is InChI=1S/C68H103N11O13/c1-62(30-80)18-19-67(60(89)90)42(25-62)38-22-34-13-14-35-12-9-16-66(35)40(49(79-59(66)88)48(45-28-73-32-76-45)50(83)37(56(69)87)26-72-20-21-74-61(70)71-5)23-41-51(84)55(92-58-53(86)52(85)46(82)29-91-58)63(2,31-81)47-15-17-64(3,54(34)68(41,47)36-10-7-6-8-11-36)65(38,4)39-24-44-57(78-33-77-44)75-27-43(39)67/h22,28,32-37,39-43,46-56,58,72,75,80-87H,6-12,15-21,23-27,29-31,69H2,1-5H3,(H,73,76)(H,77,78)(H,79,88)(H,89,90)(H3,70,71,74). The topological polar surface area (TPSA) is 405 Å². The fourth-order valence-electron chi connectivity index (χ4n) is 23.4. The lowest BCUT2D eigenvalue weighted by molar-refractivity contribution is -0.353. The molecule has 508 valence electrons. The van der Waals surface area contributed by atoms with Crippen molar-refractivity contribution in [1.29, 1.82) is 0 Å². The number of aliphatic hydroxyl groups excluding tert-OH is 8. The molecule has 0 radical (unpaired) electrons. The van der Waals surface area contributed by atoms with E-state index >= 15 is 4.79 Å². The molecule has 19 N–H and O–H groups in total. The molecule has 1 amide bonds. The molecule has 13 rings (SSSR count).